The molecule has 0 aliphatic carbocycles. The van der Waals surface area contributed by atoms with E-state index in [0.29, 0.717) is 48.1 Å². The highest BCUT2D eigenvalue weighted by atomic mass is 35.5. The third kappa shape index (κ3) is 3.48. The monoisotopic (exact) mass is 386 g/mol. The number of carbonyl (C=O) groups is 1. The predicted molar refractivity (Wildman–Crippen MR) is 98.7 cm³/mol. The van der Waals surface area contributed by atoms with Crippen molar-refractivity contribution in [3.8, 4) is 5.69 Å². The van der Waals surface area contributed by atoms with Crippen LogP contribution in [-0.4, -0.2) is 57.2 Å². The second kappa shape index (κ2) is 7.32. The standard InChI is InChI=1S/C18H16ClFN6O/c19-15-6-5-13(26-12-21-22-23-26)11-14(15)18(27)25-9-7-24(8-10-25)17-4-2-1-3-16(17)20/h1-6,11-12H,7-10H2. The van der Waals surface area contributed by atoms with Gasteiger partial charge in [-0.2, -0.15) is 0 Å². The summed E-state index contributed by atoms with van der Waals surface area (Å²) in [6.07, 6.45) is 1.45. The number of piperazine rings is 1. The van der Waals surface area contributed by atoms with Gasteiger partial charge in [0.2, 0.25) is 0 Å². The summed E-state index contributed by atoms with van der Waals surface area (Å²) in [5.74, 6) is -0.419. The van der Waals surface area contributed by atoms with Crippen LogP contribution in [0.1, 0.15) is 10.4 Å². The molecule has 0 spiro atoms. The van der Waals surface area contributed by atoms with E-state index in [-0.39, 0.29) is 11.7 Å². The van der Waals surface area contributed by atoms with Crippen molar-refractivity contribution in [2.75, 3.05) is 31.1 Å². The molecular formula is C18H16ClFN6O. The first-order valence-corrected chi connectivity index (χ1v) is 8.83. The summed E-state index contributed by atoms with van der Waals surface area (Å²) in [5.41, 5.74) is 1.60. The largest absolute Gasteiger partial charge is 0.366 e. The highest BCUT2D eigenvalue weighted by Gasteiger charge is 2.25. The van der Waals surface area contributed by atoms with Crippen LogP contribution in [-0.2, 0) is 0 Å². The summed E-state index contributed by atoms with van der Waals surface area (Å²) < 4.78 is 15.4. The van der Waals surface area contributed by atoms with E-state index in [1.807, 2.05) is 4.90 Å². The molecule has 0 unspecified atom stereocenters. The molecule has 0 atom stereocenters. The van der Waals surface area contributed by atoms with Crippen LogP contribution in [0.25, 0.3) is 5.69 Å². The number of tetrazole rings is 1. The highest BCUT2D eigenvalue weighted by molar-refractivity contribution is 6.33. The van der Waals surface area contributed by atoms with Crippen LogP contribution in [0.3, 0.4) is 0 Å². The van der Waals surface area contributed by atoms with E-state index in [1.54, 1.807) is 41.3 Å². The van der Waals surface area contributed by atoms with Crippen LogP contribution in [0.15, 0.2) is 48.8 Å². The van der Waals surface area contributed by atoms with Crippen molar-refractivity contribution in [3.05, 3.63) is 65.2 Å². The molecule has 2 heterocycles. The van der Waals surface area contributed by atoms with E-state index >= 15 is 0 Å². The van der Waals surface area contributed by atoms with Crippen molar-refractivity contribution >= 4 is 23.2 Å². The molecule has 3 aromatic rings. The Morgan fingerprint density at radius 3 is 2.56 bits per heavy atom. The quantitative estimate of drug-likeness (QED) is 0.691. The number of benzene rings is 2. The molecule has 27 heavy (non-hydrogen) atoms. The average molecular weight is 387 g/mol. The Hall–Kier alpha value is -3.00. The van der Waals surface area contributed by atoms with Gasteiger partial charge < -0.3 is 9.80 Å². The van der Waals surface area contributed by atoms with Gasteiger partial charge in [-0.1, -0.05) is 23.7 Å². The lowest BCUT2D eigenvalue weighted by molar-refractivity contribution is 0.0747. The number of aromatic nitrogens is 4. The minimum absolute atomic E-state index is 0.164. The van der Waals surface area contributed by atoms with Crippen LogP contribution >= 0.6 is 11.6 Å². The molecule has 1 aliphatic rings. The van der Waals surface area contributed by atoms with Gasteiger partial charge in [0, 0.05) is 26.2 Å². The Morgan fingerprint density at radius 2 is 1.85 bits per heavy atom. The molecule has 1 aromatic heterocycles. The zero-order valence-corrected chi connectivity index (χ0v) is 15.1. The first-order chi connectivity index (χ1) is 13.1. The summed E-state index contributed by atoms with van der Waals surface area (Å²) in [6.45, 7) is 2.07. The zero-order valence-electron chi connectivity index (χ0n) is 14.3. The summed E-state index contributed by atoms with van der Waals surface area (Å²) in [5, 5.41) is 11.4. The van der Waals surface area contributed by atoms with Gasteiger partial charge in [-0.05, 0) is 40.8 Å². The van der Waals surface area contributed by atoms with Crippen molar-refractivity contribution in [2.45, 2.75) is 0 Å². The third-order valence-electron chi connectivity index (χ3n) is 4.55. The number of nitrogens with zero attached hydrogens (tertiary/aromatic N) is 6. The molecule has 0 bridgehead atoms. The van der Waals surface area contributed by atoms with Gasteiger partial charge in [-0.3, -0.25) is 4.79 Å². The molecule has 0 saturated carbocycles. The lowest BCUT2D eigenvalue weighted by atomic mass is 10.1. The first kappa shape index (κ1) is 17.4. The van der Waals surface area contributed by atoms with Crippen LogP contribution in [0.4, 0.5) is 10.1 Å². The first-order valence-electron chi connectivity index (χ1n) is 8.45. The molecule has 0 radical (unpaired) electrons. The Balaban J connectivity index is 1.50. The van der Waals surface area contributed by atoms with E-state index in [2.05, 4.69) is 15.5 Å². The molecule has 1 fully saturated rings. The van der Waals surface area contributed by atoms with Crippen molar-refractivity contribution in [1.82, 2.24) is 25.1 Å². The number of anilines is 1. The molecule has 1 amide bonds. The fourth-order valence-corrected chi connectivity index (χ4v) is 3.33. The molecule has 2 aromatic carbocycles. The zero-order chi connectivity index (χ0) is 18.8. The maximum atomic E-state index is 14.0. The molecule has 1 aliphatic heterocycles. The summed E-state index contributed by atoms with van der Waals surface area (Å²) >= 11 is 6.25. The van der Waals surface area contributed by atoms with Gasteiger partial charge in [0.15, 0.2) is 0 Å². The molecule has 4 rings (SSSR count). The van der Waals surface area contributed by atoms with E-state index in [9.17, 15) is 9.18 Å². The van der Waals surface area contributed by atoms with Gasteiger partial charge in [-0.15, -0.1) is 5.10 Å². The molecule has 1 saturated heterocycles. The van der Waals surface area contributed by atoms with Gasteiger partial charge in [0.25, 0.3) is 5.91 Å². The number of amides is 1. The minimum atomic E-state index is -0.255. The summed E-state index contributed by atoms with van der Waals surface area (Å²) in [7, 11) is 0. The van der Waals surface area contributed by atoms with Crippen molar-refractivity contribution < 1.29 is 9.18 Å². The Morgan fingerprint density at radius 1 is 1.07 bits per heavy atom. The van der Waals surface area contributed by atoms with Gasteiger partial charge in [0.1, 0.15) is 12.1 Å². The predicted octanol–water partition coefficient (Wildman–Crippen LogP) is 2.42. The fourth-order valence-electron chi connectivity index (χ4n) is 3.13. The third-order valence-corrected chi connectivity index (χ3v) is 4.88. The lowest BCUT2D eigenvalue weighted by Crippen LogP contribution is -2.49. The summed E-state index contributed by atoms with van der Waals surface area (Å²) in [6, 6.07) is 11.7. The SMILES string of the molecule is O=C(c1cc(-n2cnnn2)ccc1Cl)N1CCN(c2ccccc2F)CC1. The second-order valence-corrected chi connectivity index (χ2v) is 6.56. The van der Waals surface area contributed by atoms with Gasteiger partial charge in [-0.25, -0.2) is 9.07 Å². The molecular weight excluding hydrogens is 371 g/mol. The van der Waals surface area contributed by atoms with E-state index < -0.39 is 0 Å². The topological polar surface area (TPSA) is 67.2 Å². The van der Waals surface area contributed by atoms with Crippen LogP contribution in [0.5, 0.6) is 0 Å². The fraction of sp³-hybridized carbons (Fsp3) is 0.222. The average Bonchev–Trinajstić information content (AvgIpc) is 3.23. The van der Waals surface area contributed by atoms with E-state index in [4.69, 9.17) is 11.6 Å². The van der Waals surface area contributed by atoms with Gasteiger partial charge in [0.05, 0.1) is 22.0 Å². The minimum Gasteiger partial charge on any atom is -0.366 e. The lowest BCUT2D eigenvalue weighted by Gasteiger charge is -2.36. The van der Waals surface area contributed by atoms with Crippen LogP contribution in [0, 0.1) is 5.82 Å². The van der Waals surface area contributed by atoms with Crippen molar-refractivity contribution in [1.29, 1.82) is 0 Å². The van der Waals surface area contributed by atoms with Gasteiger partial charge >= 0.3 is 0 Å². The number of halogens is 2. The number of rotatable bonds is 3. The molecule has 9 heteroatoms. The molecule has 138 valence electrons. The van der Waals surface area contributed by atoms with Crippen LogP contribution in [0.2, 0.25) is 5.02 Å². The van der Waals surface area contributed by atoms with E-state index in [1.165, 1.54) is 17.1 Å². The Bertz CT molecular complexity index is 956. The molecule has 0 N–H and O–H groups in total. The summed E-state index contributed by atoms with van der Waals surface area (Å²) in [4.78, 5) is 16.6. The molecule has 7 nitrogen and oxygen atoms in total. The van der Waals surface area contributed by atoms with E-state index in [0.717, 1.165) is 0 Å². The maximum Gasteiger partial charge on any atom is 0.255 e. The number of hydrogen-bond donors (Lipinski definition) is 0. The number of hydrogen-bond acceptors (Lipinski definition) is 5. The van der Waals surface area contributed by atoms with Crippen LogP contribution < -0.4 is 4.90 Å². The highest BCUT2D eigenvalue weighted by Crippen LogP contribution is 2.24. The maximum absolute atomic E-state index is 14.0. The normalized spacial score (nSPS) is 14.4. The Labute approximate surface area is 159 Å². The number of carbonyl (C=O) groups excluding carboxylic acids is 1. The van der Waals surface area contributed by atoms with Crippen molar-refractivity contribution in [2.24, 2.45) is 0 Å². The number of para-hydroxylation sites is 1. The van der Waals surface area contributed by atoms with Crippen molar-refractivity contribution in [3.63, 3.8) is 0 Å². The Kier molecular flexibility index (Phi) is 4.72. The smallest absolute Gasteiger partial charge is 0.255 e. The second-order valence-electron chi connectivity index (χ2n) is 6.15.